The van der Waals surface area contributed by atoms with Crippen LogP contribution in [0.25, 0.3) is 32.9 Å². The highest BCUT2D eigenvalue weighted by Crippen LogP contribution is 2.37. The molecule has 10 nitrogen and oxygen atoms in total. The number of piperazine rings is 1. The molecule has 0 aliphatic carbocycles. The number of nitriles is 2. The Balaban J connectivity index is 0.000000290. The van der Waals surface area contributed by atoms with E-state index in [4.69, 9.17) is 21.7 Å². The minimum Gasteiger partial charge on any atom is -0.508 e. The van der Waals surface area contributed by atoms with E-state index in [9.17, 15) is 9.50 Å². The molecule has 3 saturated heterocycles. The molecule has 0 bridgehead atoms. The Morgan fingerprint density at radius 2 is 1.83 bits per heavy atom. The second-order valence-electron chi connectivity index (χ2n) is 11.2. The van der Waals surface area contributed by atoms with Crippen LogP contribution in [0.3, 0.4) is 0 Å². The summed E-state index contributed by atoms with van der Waals surface area (Å²) < 4.78 is 33.9. The molecule has 12 heteroatoms. The van der Waals surface area contributed by atoms with Crippen molar-refractivity contribution in [2.24, 2.45) is 0 Å². The molecule has 3 fully saturated rings. The van der Waals surface area contributed by atoms with Gasteiger partial charge in [0.2, 0.25) is 0 Å². The monoisotopic (exact) mass is 624 g/mol. The lowest BCUT2D eigenvalue weighted by Crippen LogP contribution is -2.44. The number of benzene rings is 2. The van der Waals surface area contributed by atoms with Crippen molar-refractivity contribution in [3.05, 3.63) is 47.9 Å². The van der Waals surface area contributed by atoms with Gasteiger partial charge in [0.05, 0.1) is 18.6 Å². The van der Waals surface area contributed by atoms with E-state index < -0.39 is 12.0 Å². The van der Waals surface area contributed by atoms with Crippen LogP contribution >= 0.6 is 0 Å². The zero-order valence-corrected chi connectivity index (χ0v) is 25.7. The van der Waals surface area contributed by atoms with Crippen LogP contribution in [0.1, 0.15) is 31.7 Å². The molecule has 7 rings (SSSR count). The molecular weight excluding hydrogens is 590 g/mol. The van der Waals surface area contributed by atoms with Crippen molar-refractivity contribution in [3.8, 4) is 47.6 Å². The van der Waals surface area contributed by atoms with Crippen molar-refractivity contribution >= 4 is 27.5 Å². The summed E-state index contributed by atoms with van der Waals surface area (Å²) in [5.74, 6) is 2.55. The minimum atomic E-state index is -0.646. The van der Waals surface area contributed by atoms with Crippen LogP contribution in [0.5, 0.6) is 11.8 Å². The number of aromatic hydroxyl groups is 1. The lowest BCUT2D eigenvalue weighted by atomic mass is 9.95. The van der Waals surface area contributed by atoms with Crippen molar-refractivity contribution in [1.82, 2.24) is 24.8 Å². The van der Waals surface area contributed by atoms with E-state index >= 15 is 4.39 Å². The number of anilines is 1. The fourth-order valence-electron chi connectivity index (χ4n) is 6.27. The summed E-state index contributed by atoms with van der Waals surface area (Å²) in [6.45, 7) is 5.44. The van der Waals surface area contributed by atoms with E-state index in [-0.39, 0.29) is 23.0 Å². The molecule has 1 N–H and O–H groups in total. The van der Waals surface area contributed by atoms with Crippen molar-refractivity contribution < 1.29 is 18.6 Å². The predicted molar refractivity (Wildman–Crippen MR) is 171 cm³/mol. The van der Waals surface area contributed by atoms with Crippen molar-refractivity contribution in [1.29, 1.82) is 10.5 Å². The first-order chi connectivity index (χ1) is 22.3. The number of alkyl halides is 1. The second kappa shape index (κ2) is 14.2. The Morgan fingerprint density at radius 1 is 1.07 bits per heavy atom. The number of fused-ring (bicyclic) bond motifs is 3. The van der Waals surface area contributed by atoms with E-state index in [2.05, 4.69) is 32.0 Å². The second-order valence-corrected chi connectivity index (χ2v) is 11.2. The van der Waals surface area contributed by atoms with Gasteiger partial charge in [0, 0.05) is 63.0 Å². The number of nitrogens with zero attached hydrogens (tertiary/aromatic N) is 8. The molecule has 46 heavy (non-hydrogen) atoms. The average molecular weight is 625 g/mol. The first-order valence-electron chi connectivity index (χ1n) is 15.0. The Bertz CT molecular complexity index is 1850. The molecule has 4 aromatic rings. The van der Waals surface area contributed by atoms with Crippen LogP contribution < -0.4 is 9.64 Å². The minimum absolute atomic E-state index is 0.0290. The summed E-state index contributed by atoms with van der Waals surface area (Å²) in [6, 6.07) is 10.7. The van der Waals surface area contributed by atoms with Crippen LogP contribution in [0.15, 0.2) is 36.5 Å². The van der Waals surface area contributed by atoms with E-state index in [0.717, 1.165) is 13.0 Å². The van der Waals surface area contributed by atoms with Gasteiger partial charge in [-0.05, 0) is 60.8 Å². The smallest absolute Gasteiger partial charge is 0.318 e. The molecule has 3 aliphatic rings. The number of terminal acetylenes is 1. The van der Waals surface area contributed by atoms with E-state index in [0.29, 0.717) is 71.9 Å². The normalized spacial score (nSPS) is 18.8. The molecule has 0 radical (unpaired) electrons. The quantitative estimate of drug-likeness (QED) is 0.246. The number of hydrogen-bond donors (Lipinski definition) is 1. The fraction of sp³-hybridized carbons (Fsp3) is 0.382. The molecule has 3 aliphatic heterocycles. The molecule has 0 amide bonds. The number of aromatic nitrogens is 3. The number of rotatable bonds is 3. The highest BCUT2D eigenvalue weighted by atomic mass is 19.1. The molecule has 2 aromatic heterocycles. The Kier molecular flexibility index (Phi) is 9.95. The van der Waals surface area contributed by atoms with Gasteiger partial charge in [-0.1, -0.05) is 12.0 Å². The Labute approximate surface area is 266 Å². The zero-order chi connectivity index (χ0) is 32.8. The summed E-state index contributed by atoms with van der Waals surface area (Å²) in [5, 5.41) is 28.1. The number of hydrogen-bond acceptors (Lipinski definition) is 10. The first-order valence-corrected chi connectivity index (χ1v) is 15.0. The number of phenols is 1. The van der Waals surface area contributed by atoms with Gasteiger partial charge >= 0.3 is 6.01 Å². The topological polar surface area (TPSA) is 125 Å². The van der Waals surface area contributed by atoms with Crippen LogP contribution in [-0.4, -0.2) is 88.5 Å². The molecular formula is C34H34F2N8O2. The van der Waals surface area contributed by atoms with Crippen LogP contribution in [0, 0.1) is 40.9 Å². The Hall–Kier alpha value is -5.25. The van der Waals surface area contributed by atoms with Gasteiger partial charge in [-0.3, -0.25) is 9.88 Å². The number of halogens is 2. The van der Waals surface area contributed by atoms with Gasteiger partial charge < -0.3 is 19.6 Å². The molecule has 0 spiro atoms. The van der Waals surface area contributed by atoms with Crippen LogP contribution in [0.2, 0.25) is 0 Å². The zero-order valence-electron chi connectivity index (χ0n) is 25.7. The lowest BCUT2D eigenvalue weighted by Gasteiger charge is -2.33. The predicted octanol–water partition coefficient (Wildman–Crippen LogP) is 5.01. The maximum atomic E-state index is 16.1. The molecule has 2 unspecified atom stereocenters. The highest BCUT2D eigenvalue weighted by Gasteiger charge is 2.34. The van der Waals surface area contributed by atoms with E-state index in [1.54, 1.807) is 41.4 Å². The fourth-order valence-corrected chi connectivity index (χ4v) is 6.27. The summed E-state index contributed by atoms with van der Waals surface area (Å²) in [4.78, 5) is 19.1. The lowest BCUT2D eigenvalue weighted by molar-refractivity contribution is 0.292. The number of pyridine rings is 1. The molecule has 2 atom stereocenters. The SMILES string of the molecule is C#Cc1ccc2cc(O)ccc2c1-c1ncc2c(N3CCN(C#N)CC3)nc(OC)nc2c1F.CC#N.FC1CC2CCCN2C1. The van der Waals surface area contributed by atoms with Crippen molar-refractivity contribution in [2.45, 2.75) is 38.4 Å². The van der Waals surface area contributed by atoms with Gasteiger partial charge in [0.25, 0.3) is 0 Å². The summed E-state index contributed by atoms with van der Waals surface area (Å²) in [7, 11) is 1.42. The highest BCUT2D eigenvalue weighted by molar-refractivity contribution is 6.01. The van der Waals surface area contributed by atoms with Gasteiger partial charge in [-0.15, -0.1) is 6.42 Å². The van der Waals surface area contributed by atoms with Gasteiger partial charge in [0.15, 0.2) is 12.0 Å². The number of methoxy groups -OCH3 is 1. The Morgan fingerprint density at radius 3 is 2.50 bits per heavy atom. The van der Waals surface area contributed by atoms with Crippen LogP contribution in [0.4, 0.5) is 14.6 Å². The maximum Gasteiger partial charge on any atom is 0.318 e. The standard InChI is InChI=1S/C25H19FN6O2.C7H12FN.C2H3N/c1-3-15-4-5-16-12-17(33)6-7-18(16)20(15)23-21(26)22-19(13-28-23)24(30-25(29-22)34-2)32-10-8-31(14-27)9-11-32;8-6-4-7-2-1-3-9(7)5-6;1-2-3/h1,4-7,12-13,33H,8-11H2,2H3;6-7H,1-5H2;1H3. The average Bonchev–Trinajstić information content (AvgIpc) is 3.66. The first kappa shape index (κ1) is 32.2. The third-order valence-corrected chi connectivity index (χ3v) is 8.40. The van der Waals surface area contributed by atoms with Crippen molar-refractivity contribution in [3.63, 3.8) is 0 Å². The summed E-state index contributed by atoms with van der Waals surface area (Å²) in [5.41, 5.74) is 1.03. The third kappa shape index (κ3) is 6.56. The van der Waals surface area contributed by atoms with E-state index in [1.165, 1.54) is 32.9 Å². The summed E-state index contributed by atoms with van der Waals surface area (Å²) in [6.07, 6.45) is 12.2. The van der Waals surface area contributed by atoms with Crippen LogP contribution in [-0.2, 0) is 0 Å². The molecule has 0 saturated carbocycles. The third-order valence-electron chi connectivity index (χ3n) is 8.40. The van der Waals surface area contributed by atoms with Crippen molar-refractivity contribution in [2.75, 3.05) is 51.3 Å². The maximum absolute atomic E-state index is 16.1. The van der Waals surface area contributed by atoms with Gasteiger partial charge in [-0.25, -0.2) is 8.78 Å². The summed E-state index contributed by atoms with van der Waals surface area (Å²) >= 11 is 0. The van der Waals surface area contributed by atoms with E-state index in [1.807, 2.05) is 4.90 Å². The number of phenolic OH excluding ortho intramolecular Hbond substituents is 1. The molecule has 236 valence electrons. The van der Waals surface area contributed by atoms with Gasteiger partial charge in [-0.2, -0.15) is 20.5 Å². The number of ether oxygens (including phenoxy) is 1. The molecule has 5 heterocycles. The van der Waals surface area contributed by atoms with Gasteiger partial charge in [0.1, 0.15) is 28.9 Å². The largest absolute Gasteiger partial charge is 0.508 e. The molecule has 2 aromatic carbocycles.